The zero-order valence-corrected chi connectivity index (χ0v) is 20.4. The maximum absolute atomic E-state index is 13.2. The molecule has 0 aliphatic heterocycles. The van der Waals surface area contributed by atoms with Crippen LogP contribution < -0.4 is 10.6 Å². The van der Waals surface area contributed by atoms with Crippen LogP contribution in [0.15, 0.2) is 60.7 Å². The van der Waals surface area contributed by atoms with Crippen LogP contribution in [0.3, 0.4) is 0 Å². The third kappa shape index (κ3) is 7.37. The number of hydrogen-bond donors (Lipinski definition) is 4. The minimum atomic E-state index is -1.57. The first-order chi connectivity index (χ1) is 17.9. The molecule has 10 nitrogen and oxygen atoms in total. The van der Waals surface area contributed by atoms with Crippen molar-refractivity contribution in [3.63, 3.8) is 0 Å². The molecule has 2 atom stereocenters. The number of aliphatic hydroxyl groups excluding tert-OH is 2. The smallest absolute Gasteiger partial charge is 0.331 e. The molecule has 0 radical (unpaired) electrons. The predicted octanol–water partition coefficient (Wildman–Crippen LogP) is 0.988. The maximum atomic E-state index is 13.2. The van der Waals surface area contributed by atoms with E-state index in [9.17, 15) is 29.4 Å². The molecule has 0 heterocycles. The molecule has 1 fully saturated rings. The Bertz CT molecular complexity index is 975. The van der Waals surface area contributed by atoms with E-state index in [1.165, 1.54) is 0 Å². The lowest BCUT2D eigenvalue weighted by Gasteiger charge is -2.29. The molecule has 1 aliphatic rings. The van der Waals surface area contributed by atoms with Crippen LogP contribution in [-0.2, 0) is 41.9 Å². The summed E-state index contributed by atoms with van der Waals surface area (Å²) >= 11 is 0. The molecule has 0 aromatic heterocycles. The van der Waals surface area contributed by atoms with Crippen molar-refractivity contribution in [2.75, 3.05) is 13.2 Å². The highest BCUT2D eigenvalue weighted by Gasteiger charge is 2.49. The van der Waals surface area contributed by atoms with E-state index in [4.69, 9.17) is 9.47 Å². The fourth-order valence-corrected chi connectivity index (χ4v) is 4.15. The van der Waals surface area contributed by atoms with Crippen molar-refractivity contribution in [3.8, 4) is 0 Å². The summed E-state index contributed by atoms with van der Waals surface area (Å²) in [5, 5.41) is 24.3. The van der Waals surface area contributed by atoms with Gasteiger partial charge in [-0.05, 0) is 24.0 Å². The third-order valence-corrected chi connectivity index (χ3v) is 6.32. The molecule has 2 aromatic rings. The van der Waals surface area contributed by atoms with Crippen LogP contribution in [-0.4, -0.2) is 59.3 Å². The number of carbonyl (C=O) groups excluding carboxylic acids is 4. The van der Waals surface area contributed by atoms with Crippen LogP contribution in [0.25, 0.3) is 0 Å². The predicted molar refractivity (Wildman–Crippen MR) is 131 cm³/mol. The van der Waals surface area contributed by atoms with Gasteiger partial charge in [-0.2, -0.15) is 0 Å². The second-order valence-electron chi connectivity index (χ2n) is 8.89. The van der Waals surface area contributed by atoms with Crippen LogP contribution in [0, 0.1) is 5.41 Å². The minimum absolute atomic E-state index is 0.0407. The van der Waals surface area contributed by atoms with Gasteiger partial charge in [0.15, 0.2) is 12.1 Å². The van der Waals surface area contributed by atoms with Crippen molar-refractivity contribution < 1.29 is 38.9 Å². The van der Waals surface area contributed by atoms with Crippen LogP contribution in [0.2, 0.25) is 0 Å². The molecule has 4 N–H and O–H groups in total. The molecule has 0 spiro atoms. The van der Waals surface area contributed by atoms with Crippen LogP contribution in [0.5, 0.6) is 0 Å². The highest BCUT2D eigenvalue weighted by atomic mass is 16.5. The summed E-state index contributed by atoms with van der Waals surface area (Å²) in [6, 6.07) is 15.1. The average Bonchev–Trinajstić information content (AvgIpc) is 3.44. The van der Waals surface area contributed by atoms with Gasteiger partial charge in [0, 0.05) is 0 Å². The zero-order valence-electron chi connectivity index (χ0n) is 20.4. The molecule has 0 saturated heterocycles. The fourth-order valence-electron chi connectivity index (χ4n) is 4.15. The summed E-state index contributed by atoms with van der Waals surface area (Å²) < 4.78 is 10.4. The van der Waals surface area contributed by atoms with Crippen LogP contribution >= 0.6 is 0 Å². The van der Waals surface area contributed by atoms with Gasteiger partial charge in [0.25, 0.3) is 0 Å². The molecule has 2 aromatic carbocycles. The maximum Gasteiger partial charge on any atom is 0.331 e. The van der Waals surface area contributed by atoms with Gasteiger partial charge in [-0.15, -0.1) is 0 Å². The van der Waals surface area contributed by atoms with Gasteiger partial charge in [-0.25, -0.2) is 9.59 Å². The minimum Gasteiger partial charge on any atom is -0.459 e. The number of benzene rings is 2. The van der Waals surface area contributed by atoms with Gasteiger partial charge < -0.3 is 30.3 Å². The number of amides is 2. The number of hydrogen-bond acceptors (Lipinski definition) is 8. The van der Waals surface area contributed by atoms with Crippen LogP contribution in [0.4, 0.5) is 0 Å². The molecular weight excluding hydrogens is 480 g/mol. The molecule has 0 bridgehead atoms. The van der Waals surface area contributed by atoms with Crippen molar-refractivity contribution in [2.45, 2.75) is 51.0 Å². The highest BCUT2D eigenvalue weighted by Crippen LogP contribution is 2.39. The normalized spacial score (nSPS) is 15.7. The molecule has 1 aliphatic carbocycles. The lowest BCUT2D eigenvalue weighted by molar-refractivity contribution is -0.155. The van der Waals surface area contributed by atoms with Crippen molar-refractivity contribution in [2.24, 2.45) is 5.41 Å². The quantitative estimate of drug-likeness (QED) is 0.243. The molecule has 37 heavy (non-hydrogen) atoms. The number of rotatable bonds is 12. The summed E-state index contributed by atoms with van der Waals surface area (Å²) in [5.41, 5.74) is -0.0975. The number of ether oxygens (including phenoxy) is 2. The van der Waals surface area contributed by atoms with Gasteiger partial charge in [0.05, 0.1) is 13.2 Å². The Morgan fingerprint density at radius 2 is 1.08 bits per heavy atom. The van der Waals surface area contributed by atoms with Crippen molar-refractivity contribution in [1.82, 2.24) is 10.6 Å². The largest absolute Gasteiger partial charge is 0.459 e. The second kappa shape index (κ2) is 13.5. The van der Waals surface area contributed by atoms with Crippen molar-refractivity contribution >= 4 is 23.8 Å². The molecule has 198 valence electrons. The molecular formula is C27H32N2O8. The van der Waals surface area contributed by atoms with Crippen molar-refractivity contribution in [1.29, 1.82) is 0 Å². The number of nitrogens with one attached hydrogen (secondary N) is 2. The summed E-state index contributed by atoms with van der Waals surface area (Å²) in [4.78, 5) is 51.4. The molecule has 10 heteroatoms. The van der Waals surface area contributed by atoms with Gasteiger partial charge >= 0.3 is 11.9 Å². The average molecular weight is 513 g/mol. The van der Waals surface area contributed by atoms with E-state index in [1.807, 2.05) is 12.1 Å². The van der Waals surface area contributed by atoms with E-state index in [2.05, 4.69) is 10.6 Å². The molecule has 3 rings (SSSR count). The van der Waals surface area contributed by atoms with Gasteiger partial charge in [0.2, 0.25) is 11.8 Å². The lowest BCUT2D eigenvalue weighted by Crippen LogP contribution is -2.57. The fraction of sp³-hybridized carbons (Fsp3) is 0.407. The van der Waals surface area contributed by atoms with E-state index in [0.29, 0.717) is 12.8 Å². The Balaban J connectivity index is 1.61. The Hall–Kier alpha value is -3.76. The number of aliphatic hydroxyl groups is 2. The summed E-state index contributed by atoms with van der Waals surface area (Å²) in [6.07, 6.45) is 1.51. The second-order valence-corrected chi connectivity index (χ2v) is 8.89. The first-order valence-corrected chi connectivity index (χ1v) is 12.1. The summed E-state index contributed by atoms with van der Waals surface area (Å²) in [7, 11) is 0. The monoisotopic (exact) mass is 512 g/mol. The summed E-state index contributed by atoms with van der Waals surface area (Å²) in [5.74, 6) is -3.20. The Kier molecular flexibility index (Phi) is 10.2. The van der Waals surface area contributed by atoms with E-state index < -0.39 is 54.5 Å². The van der Waals surface area contributed by atoms with E-state index in [1.54, 1.807) is 48.5 Å². The highest BCUT2D eigenvalue weighted by molar-refractivity contribution is 6.07. The Morgan fingerprint density at radius 3 is 1.43 bits per heavy atom. The van der Waals surface area contributed by atoms with Crippen molar-refractivity contribution in [3.05, 3.63) is 71.8 Å². The van der Waals surface area contributed by atoms with E-state index in [-0.39, 0.29) is 26.1 Å². The zero-order chi connectivity index (χ0) is 26.7. The van der Waals surface area contributed by atoms with Gasteiger partial charge in [-0.1, -0.05) is 73.5 Å². The van der Waals surface area contributed by atoms with Gasteiger partial charge in [-0.3, -0.25) is 9.59 Å². The number of esters is 2. The first kappa shape index (κ1) is 27.8. The van der Waals surface area contributed by atoms with Crippen LogP contribution in [0.1, 0.15) is 36.8 Å². The summed E-state index contributed by atoms with van der Waals surface area (Å²) in [6.45, 7) is -1.52. The SMILES string of the molecule is O=C(OCc1ccccc1)[C@@H](CO)NC(=O)C1(C(=O)N[C@H](CO)C(=O)OCc2ccccc2)CCCC1. The Labute approximate surface area is 215 Å². The van der Waals surface area contributed by atoms with Gasteiger partial charge in [0.1, 0.15) is 18.6 Å². The number of carbonyl (C=O) groups is 4. The standard InChI is InChI=1S/C27H32N2O8/c30-15-21(23(32)36-17-19-9-3-1-4-10-19)28-25(34)27(13-7-8-14-27)26(35)29-22(16-31)24(33)37-18-20-11-5-2-6-12-20/h1-6,9-12,21-22,30-31H,7-8,13-18H2,(H,28,34)(H,29,35)/t21-,22-/m1/s1. The third-order valence-electron chi connectivity index (χ3n) is 6.32. The first-order valence-electron chi connectivity index (χ1n) is 12.1. The Morgan fingerprint density at radius 1 is 0.703 bits per heavy atom. The topological polar surface area (TPSA) is 151 Å². The molecule has 0 unspecified atom stereocenters. The molecule has 2 amide bonds. The van der Waals surface area contributed by atoms with E-state index >= 15 is 0 Å². The molecule has 1 saturated carbocycles. The lowest BCUT2D eigenvalue weighted by atomic mass is 9.83. The van der Waals surface area contributed by atoms with E-state index in [0.717, 1.165) is 11.1 Å².